The van der Waals surface area contributed by atoms with Crippen LogP contribution in [0.3, 0.4) is 0 Å². The summed E-state index contributed by atoms with van der Waals surface area (Å²) in [5.41, 5.74) is -1.28. The number of aliphatic carboxylic acids is 1. The number of likely N-dealkylation sites (N-methyl/N-ethyl adjacent to an activating group) is 1. The van der Waals surface area contributed by atoms with Gasteiger partial charge in [-0.05, 0) is 32.6 Å². The molecule has 7 nitrogen and oxygen atoms in total. The molecule has 1 unspecified atom stereocenters. The number of hydrogen-bond donors (Lipinski definition) is 2. The van der Waals surface area contributed by atoms with E-state index in [1.807, 2.05) is 0 Å². The monoisotopic (exact) mass is 272 g/mol. The molecule has 0 aromatic rings. The molecule has 0 aromatic heterocycles. The highest BCUT2D eigenvalue weighted by atomic mass is 16.5. The van der Waals surface area contributed by atoms with Gasteiger partial charge < -0.3 is 20.1 Å². The number of nitrogens with one attached hydrogen (secondary N) is 1. The van der Waals surface area contributed by atoms with Gasteiger partial charge in [-0.15, -0.1) is 0 Å². The predicted octanol–water partition coefficient (Wildman–Crippen LogP) is 0.444. The first-order valence-corrected chi connectivity index (χ1v) is 6.22. The third-order valence-corrected chi connectivity index (χ3v) is 3.42. The van der Waals surface area contributed by atoms with Gasteiger partial charge in [-0.2, -0.15) is 0 Å². The highest BCUT2D eigenvalue weighted by Crippen LogP contribution is 2.39. The Morgan fingerprint density at radius 2 is 2.00 bits per heavy atom. The number of carboxylic acids is 1. The fourth-order valence-electron chi connectivity index (χ4n) is 1.84. The number of rotatable bonds is 6. The maximum absolute atomic E-state index is 12.0. The van der Waals surface area contributed by atoms with Gasteiger partial charge in [0.05, 0.1) is 7.11 Å². The minimum atomic E-state index is -1.28. The third-order valence-electron chi connectivity index (χ3n) is 3.42. The number of methoxy groups -OCH3 is 1. The van der Waals surface area contributed by atoms with Crippen LogP contribution in [0.1, 0.15) is 26.7 Å². The van der Waals surface area contributed by atoms with Crippen LogP contribution >= 0.6 is 0 Å². The second-order valence-corrected chi connectivity index (χ2v) is 4.80. The smallest absolute Gasteiger partial charge is 0.329 e. The molecule has 0 spiro atoms. The van der Waals surface area contributed by atoms with Crippen LogP contribution in [0.2, 0.25) is 0 Å². The second-order valence-electron chi connectivity index (χ2n) is 4.80. The Morgan fingerprint density at radius 3 is 2.37 bits per heavy atom. The minimum Gasteiger partial charge on any atom is -0.480 e. The summed E-state index contributed by atoms with van der Waals surface area (Å²) in [6.07, 6.45) is 1.57. The maximum atomic E-state index is 12.0. The van der Waals surface area contributed by atoms with E-state index in [0.717, 1.165) is 12.8 Å². The van der Waals surface area contributed by atoms with Crippen LogP contribution in [-0.2, 0) is 14.3 Å². The third kappa shape index (κ3) is 3.59. The Morgan fingerprint density at radius 1 is 1.42 bits per heavy atom. The van der Waals surface area contributed by atoms with Gasteiger partial charge in [-0.25, -0.2) is 9.59 Å². The molecular formula is C12H20N2O5. The minimum absolute atomic E-state index is 0.0502. The molecule has 0 saturated heterocycles. The molecule has 1 aliphatic rings. The zero-order valence-electron chi connectivity index (χ0n) is 11.4. The number of carboxylic acid groups (broad SMARTS) is 1. The van der Waals surface area contributed by atoms with Crippen LogP contribution in [0.25, 0.3) is 0 Å². The lowest BCUT2D eigenvalue weighted by Gasteiger charge is -2.29. The van der Waals surface area contributed by atoms with Gasteiger partial charge in [0.25, 0.3) is 0 Å². The first kappa shape index (κ1) is 15.3. The molecule has 1 atom stereocenters. The van der Waals surface area contributed by atoms with Crippen LogP contribution in [0.15, 0.2) is 0 Å². The Labute approximate surface area is 111 Å². The van der Waals surface area contributed by atoms with Gasteiger partial charge in [0.1, 0.15) is 12.1 Å². The molecule has 19 heavy (non-hydrogen) atoms. The van der Waals surface area contributed by atoms with Crippen LogP contribution in [0.5, 0.6) is 0 Å². The molecule has 1 saturated carbocycles. The molecule has 0 heterocycles. The van der Waals surface area contributed by atoms with Crippen molar-refractivity contribution in [2.75, 3.05) is 20.2 Å². The van der Waals surface area contributed by atoms with E-state index in [1.165, 1.54) is 18.9 Å². The quantitative estimate of drug-likeness (QED) is 0.684. The Bertz CT molecular complexity index is 380. The summed E-state index contributed by atoms with van der Waals surface area (Å²) < 4.78 is 4.49. The van der Waals surface area contributed by atoms with E-state index in [2.05, 4.69) is 10.1 Å². The van der Waals surface area contributed by atoms with Crippen molar-refractivity contribution < 1.29 is 24.2 Å². The van der Waals surface area contributed by atoms with Crippen molar-refractivity contribution in [1.82, 2.24) is 10.2 Å². The van der Waals surface area contributed by atoms with E-state index in [4.69, 9.17) is 0 Å². The summed E-state index contributed by atoms with van der Waals surface area (Å²) in [5, 5.41) is 11.8. The predicted molar refractivity (Wildman–Crippen MR) is 66.6 cm³/mol. The molecular weight excluding hydrogens is 252 g/mol. The number of ether oxygens (including phenoxy) is 1. The highest BCUT2D eigenvalue weighted by Gasteiger charge is 2.49. The fraction of sp³-hybridized carbons (Fsp3) is 0.750. The first-order chi connectivity index (χ1) is 8.85. The molecule has 1 aliphatic carbocycles. The molecule has 1 rings (SSSR count). The van der Waals surface area contributed by atoms with E-state index in [-0.39, 0.29) is 12.5 Å². The zero-order chi connectivity index (χ0) is 14.6. The normalized spacial score (nSPS) is 17.2. The number of amides is 2. The fourth-order valence-corrected chi connectivity index (χ4v) is 1.84. The SMILES string of the molecule is CCN(CC(=O)OC)C(=O)NC(C)(C(=O)O)C1CC1. The Kier molecular flexibility index (Phi) is 4.74. The Balaban J connectivity index is 2.69. The van der Waals surface area contributed by atoms with Crippen molar-refractivity contribution in [2.24, 2.45) is 5.92 Å². The van der Waals surface area contributed by atoms with E-state index in [9.17, 15) is 19.5 Å². The van der Waals surface area contributed by atoms with Crippen molar-refractivity contribution in [3.05, 3.63) is 0 Å². The van der Waals surface area contributed by atoms with Gasteiger partial charge in [0.15, 0.2) is 0 Å². The lowest BCUT2D eigenvalue weighted by atomic mass is 9.96. The molecule has 0 bridgehead atoms. The lowest BCUT2D eigenvalue weighted by Crippen LogP contribution is -2.58. The summed E-state index contributed by atoms with van der Waals surface area (Å²) in [6, 6.07) is -0.565. The molecule has 2 amide bonds. The number of carbonyl (C=O) groups is 3. The topological polar surface area (TPSA) is 95.9 Å². The van der Waals surface area contributed by atoms with Crippen LogP contribution in [0.4, 0.5) is 4.79 Å². The molecule has 0 aromatic carbocycles. The van der Waals surface area contributed by atoms with Gasteiger partial charge in [-0.3, -0.25) is 4.79 Å². The molecule has 7 heteroatoms. The van der Waals surface area contributed by atoms with Crippen LogP contribution in [0, 0.1) is 5.92 Å². The summed E-state index contributed by atoms with van der Waals surface area (Å²) in [7, 11) is 1.24. The molecule has 2 N–H and O–H groups in total. The Hall–Kier alpha value is -1.79. The van der Waals surface area contributed by atoms with E-state index in [1.54, 1.807) is 6.92 Å². The molecule has 1 fully saturated rings. The number of esters is 1. The van der Waals surface area contributed by atoms with Crippen molar-refractivity contribution in [3.63, 3.8) is 0 Å². The summed E-state index contributed by atoms with van der Waals surface area (Å²) in [4.78, 5) is 35.7. The average molecular weight is 272 g/mol. The number of urea groups is 1. The van der Waals surface area contributed by atoms with Crippen LogP contribution in [-0.4, -0.2) is 53.7 Å². The number of nitrogens with zero attached hydrogens (tertiary/aromatic N) is 1. The van der Waals surface area contributed by atoms with Gasteiger partial charge in [0.2, 0.25) is 0 Å². The van der Waals surface area contributed by atoms with Gasteiger partial charge >= 0.3 is 18.0 Å². The number of hydrogen-bond acceptors (Lipinski definition) is 4. The highest BCUT2D eigenvalue weighted by molar-refractivity contribution is 5.88. The maximum Gasteiger partial charge on any atom is 0.329 e. The van der Waals surface area contributed by atoms with Crippen molar-refractivity contribution in [2.45, 2.75) is 32.2 Å². The van der Waals surface area contributed by atoms with Crippen molar-refractivity contribution in [1.29, 1.82) is 0 Å². The molecule has 0 aliphatic heterocycles. The van der Waals surface area contributed by atoms with Crippen LogP contribution < -0.4 is 5.32 Å². The molecule has 0 radical (unpaired) electrons. The zero-order valence-corrected chi connectivity index (χ0v) is 11.4. The van der Waals surface area contributed by atoms with Gasteiger partial charge in [-0.1, -0.05) is 0 Å². The van der Waals surface area contributed by atoms with Crippen molar-refractivity contribution in [3.8, 4) is 0 Å². The van der Waals surface area contributed by atoms with E-state index >= 15 is 0 Å². The molecule has 108 valence electrons. The van der Waals surface area contributed by atoms with Crippen molar-refractivity contribution >= 4 is 18.0 Å². The lowest BCUT2D eigenvalue weighted by molar-refractivity contribution is -0.144. The average Bonchev–Trinajstić information content (AvgIpc) is 3.19. The number of carbonyl (C=O) groups excluding carboxylic acids is 2. The largest absolute Gasteiger partial charge is 0.480 e. The second kappa shape index (κ2) is 5.90. The van der Waals surface area contributed by atoms with E-state index < -0.39 is 23.5 Å². The summed E-state index contributed by atoms with van der Waals surface area (Å²) >= 11 is 0. The standard InChI is InChI=1S/C12H20N2O5/c1-4-14(7-9(15)19-3)11(18)13-12(2,10(16)17)8-5-6-8/h8H,4-7H2,1-3H3,(H,13,18)(H,16,17). The van der Waals surface area contributed by atoms with E-state index in [0.29, 0.717) is 6.54 Å². The van der Waals surface area contributed by atoms with Gasteiger partial charge in [0, 0.05) is 6.54 Å². The summed E-state index contributed by atoms with van der Waals surface area (Å²) in [6.45, 7) is 3.30. The first-order valence-electron chi connectivity index (χ1n) is 6.22. The summed E-state index contributed by atoms with van der Waals surface area (Å²) in [5.74, 6) is -1.65.